The van der Waals surface area contributed by atoms with Crippen LogP contribution in [0.5, 0.6) is 0 Å². The normalized spacial score (nSPS) is 12.3. The van der Waals surface area contributed by atoms with Crippen molar-refractivity contribution in [2.45, 2.75) is 26.4 Å². The number of aryl methyl sites for hydroxylation is 1. The molecule has 0 radical (unpaired) electrons. The van der Waals surface area contributed by atoms with E-state index in [-0.39, 0.29) is 11.8 Å². The molecule has 2 rings (SSSR count). The standard InChI is InChI=1S/C15H17NO3/c1-10-5-3-4-6-13(10)11(2)16-9-12-7-8-19-14(12)15(17)18/h3-8,11,16H,9H2,1-2H3,(H,17,18)/t11-/m0/s1. The van der Waals surface area contributed by atoms with E-state index in [0.717, 1.165) is 0 Å². The first kappa shape index (κ1) is 13.4. The first-order valence-electron chi connectivity index (χ1n) is 6.18. The molecule has 100 valence electrons. The maximum Gasteiger partial charge on any atom is 0.372 e. The Bertz CT molecular complexity index is 574. The van der Waals surface area contributed by atoms with Crippen molar-refractivity contribution in [3.63, 3.8) is 0 Å². The number of nitrogens with one attached hydrogen (secondary N) is 1. The Balaban J connectivity index is 2.05. The summed E-state index contributed by atoms with van der Waals surface area (Å²) in [5.41, 5.74) is 3.09. The van der Waals surface area contributed by atoms with Crippen molar-refractivity contribution in [1.82, 2.24) is 5.32 Å². The van der Waals surface area contributed by atoms with E-state index in [0.29, 0.717) is 12.1 Å². The van der Waals surface area contributed by atoms with Gasteiger partial charge in [-0.05, 0) is 31.0 Å². The molecule has 4 heteroatoms. The summed E-state index contributed by atoms with van der Waals surface area (Å²) in [6.45, 7) is 4.59. The zero-order chi connectivity index (χ0) is 13.8. The van der Waals surface area contributed by atoms with Crippen LogP contribution in [0.25, 0.3) is 0 Å². The van der Waals surface area contributed by atoms with Gasteiger partial charge >= 0.3 is 5.97 Å². The predicted octanol–water partition coefficient (Wildman–Crippen LogP) is 3.14. The van der Waals surface area contributed by atoms with E-state index in [4.69, 9.17) is 9.52 Å². The van der Waals surface area contributed by atoms with Crippen molar-refractivity contribution in [2.24, 2.45) is 0 Å². The van der Waals surface area contributed by atoms with Gasteiger partial charge in [-0.25, -0.2) is 4.79 Å². The maximum absolute atomic E-state index is 10.9. The summed E-state index contributed by atoms with van der Waals surface area (Å²) >= 11 is 0. The van der Waals surface area contributed by atoms with E-state index in [1.165, 1.54) is 17.4 Å². The minimum Gasteiger partial charge on any atom is -0.475 e. The molecule has 0 bridgehead atoms. The topological polar surface area (TPSA) is 62.5 Å². The highest BCUT2D eigenvalue weighted by atomic mass is 16.4. The quantitative estimate of drug-likeness (QED) is 0.866. The van der Waals surface area contributed by atoms with Crippen LogP contribution in [0.2, 0.25) is 0 Å². The number of hydrogen-bond donors (Lipinski definition) is 2. The van der Waals surface area contributed by atoms with Gasteiger partial charge in [0.2, 0.25) is 5.76 Å². The number of carboxylic acids is 1. The fraction of sp³-hybridized carbons (Fsp3) is 0.267. The molecule has 1 aromatic carbocycles. The number of carboxylic acid groups (broad SMARTS) is 1. The van der Waals surface area contributed by atoms with Gasteiger partial charge in [0, 0.05) is 18.2 Å². The third-order valence-electron chi connectivity index (χ3n) is 3.19. The molecule has 0 fully saturated rings. The molecule has 0 saturated heterocycles. The van der Waals surface area contributed by atoms with Crippen LogP contribution in [0.1, 0.15) is 40.2 Å². The zero-order valence-electron chi connectivity index (χ0n) is 11.0. The van der Waals surface area contributed by atoms with Crippen LogP contribution in [-0.2, 0) is 6.54 Å². The van der Waals surface area contributed by atoms with E-state index in [1.54, 1.807) is 6.07 Å². The fourth-order valence-electron chi connectivity index (χ4n) is 2.11. The number of hydrogen-bond acceptors (Lipinski definition) is 3. The molecular formula is C15H17NO3. The Morgan fingerprint density at radius 1 is 1.37 bits per heavy atom. The lowest BCUT2D eigenvalue weighted by molar-refractivity contribution is 0.0660. The lowest BCUT2D eigenvalue weighted by Crippen LogP contribution is -2.19. The first-order chi connectivity index (χ1) is 9.09. The lowest BCUT2D eigenvalue weighted by Gasteiger charge is -2.16. The largest absolute Gasteiger partial charge is 0.475 e. The summed E-state index contributed by atoms with van der Waals surface area (Å²) in [6, 6.07) is 9.97. The minimum atomic E-state index is -1.04. The van der Waals surface area contributed by atoms with E-state index >= 15 is 0 Å². The molecule has 1 aromatic heterocycles. The second-order valence-corrected chi connectivity index (χ2v) is 4.54. The van der Waals surface area contributed by atoms with Crippen LogP contribution in [0, 0.1) is 6.92 Å². The molecule has 2 N–H and O–H groups in total. The van der Waals surface area contributed by atoms with Crippen molar-refractivity contribution >= 4 is 5.97 Å². The van der Waals surface area contributed by atoms with Gasteiger partial charge in [0.1, 0.15) is 0 Å². The van der Waals surface area contributed by atoms with E-state index in [1.807, 2.05) is 12.1 Å². The Labute approximate surface area is 112 Å². The molecule has 0 unspecified atom stereocenters. The molecule has 0 amide bonds. The number of carbonyl (C=O) groups is 1. The average molecular weight is 259 g/mol. The average Bonchev–Trinajstić information content (AvgIpc) is 2.85. The molecule has 1 heterocycles. The van der Waals surface area contributed by atoms with Gasteiger partial charge in [-0.2, -0.15) is 0 Å². The zero-order valence-corrected chi connectivity index (χ0v) is 11.0. The molecule has 19 heavy (non-hydrogen) atoms. The molecule has 0 saturated carbocycles. The summed E-state index contributed by atoms with van der Waals surface area (Å²) in [5.74, 6) is -1.03. The third kappa shape index (κ3) is 3.03. The predicted molar refractivity (Wildman–Crippen MR) is 72.1 cm³/mol. The van der Waals surface area contributed by atoms with E-state index < -0.39 is 5.97 Å². The van der Waals surface area contributed by atoms with Crippen LogP contribution in [0.3, 0.4) is 0 Å². The van der Waals surface area contributed by atoms with Crippen LogP contribution >= 0.6 is 0 Å². The summed E-state index contributed by atoms with van der Waals surface area (Å²) in [5, 5.41) is 12.3. The number of aromatic carboxylic acids is 1. The lowest BCUT2D eigenvalue weighted by atomic mass is 10.0. The molecule has 0 aliphatic rings. The van der Waals surface area contributed by atoms with Crippen molar-refractivity contribution in [1.29, 1.82) is 0 Å². The summed E-state index contributed by atoms with van der Waals surface area (Å²) in [4.78, 5) is 10.9. The molecule has 4 nitrogen and oxygen atoms in total. The molecule has 1 atom stereocenters. The van der Waals surface area contributed by atoms with Gasteiger partial charge in [0.15, 0.2) is 0 Å². The smallest absolute Gasteiger partial charge is 0.372 e. The van der Waals surface area contributed by atoms with Crippen molar-refractivity contribution in [3.8, 4) is 0 Å². The number of furan rings is 1. The van der Waals surface area contributed by atoms with Gasteiger partial charge in [-0.1, -0.05) is 24.3 Å². The van der Waals surface area contributed by atoms with E-state index in [9.17, 15) is 4.79 Å². The minimum absolute atomic E-state index is 0.00415. The van der Waals surface area contributed by atoms with Gasteiger partial charge in [0.25, 0.3) is 0 Å². The highest BCUT2D eigenvalue weighted by Gasteiger charge is 2.15. The molecule has 0 aliphatic carbocycles. The van der Waals surface area contributed by atoms with Crippen LogP contribution < -0.4 is 5.32 Å². The second kappa shape index (κ2) is 5.71. The molecule has 0 spiro atoms. The Morgan fingerprint density at radius 3 is 2.79 bits per heavy atom. The molecule has 0 aliphatic heterocycles. The van der Waals surface area contributed by atoms with Gasteiger partial charge < -0.3 is 14.8 Å². The molecule has 2 aromatic rings. The first-order valence-corrected chi connectivity index (χ1v) is 6.18. The molecular weight excluding hydrogens is 242 g/mol. The van der Waals surface area contributed by atoms with Crippen molar-refractivity contribution in [3.05, 3.63) is 59.0 Å². The Hall–Kier alpha value is -2.07. The van der Waals surface area contributed by atoms with E-state index in [2.05, 4.69) is 31.3 Å². The van der Waals surface area contributed by atoms with Crippen molar-refractivity contribution in [2.75, 3.05) is 0 Å². The second-order valence-electron chi connectivity index (χ2n) is 4.54. The summed E-state index contributed by atoms with van der Waals surface area (Å²) < 4.78 is 4.95. The SMILES string of the molecule is Cc1ccccc1[C@H](C)NCc1ccoc1C(=O)O. The third-order valence-corrected chi connectivity index (χ3v) is 3.19. The van der Waals surface area contributed by atoms with Crippen molar-refractivity contribution < 1.29 is 14.3 Å². The van der Waals surface area contributed by atoms with Gasteiger partial charge in [0.05, 0.1) is 6.26 Å². The summed E-state index contributed by atoms with van der Waals surface area (Å²) in [7, 11) is 0. The number of rotatable bonds is 5. The van der Waals surface area contributed by atoms with Crippen LogP contribution in [0.15, 0.2) is 41.0 Å². The van der Waals surface area contributed by atoms with Crippen LogP contribution in [-0.4, -0.2) is 11.1 Å². The maximum atomic E-state index is 10.9. The Morgan fingerprint density at radius 2 is 2.11 bits per heavy atom. The summed E-state index contributed by atoms with van der Waals surface area (Å²) in [6.07, 6.45) is 1.40. The monoisotopic (exact) mass is 259 g/mol. The Kier molecular flexibility index (Phi) is 4.02. The van der Waals surface area contributed by atoms with Crippen LogP contribution in [0.4, 0.5) is 0 Å². The van der Waals surface area contributed by atoms with Gasteiger partial charge in [-0.15, -0.1) is 0 Å². The highest BCUT2D eigenvalue weighted by Crippen LogP contribution is 2.18. The highest BCUT2D eigenvalue weighted by molar-refractivity contribution is 5.86. The van der Waals surface area contributed by atoms with Gasteiger partial charge in [-0.3, -0.25) is 0 Å². The fourth-order valence-corrected chi connectivity index (χ4v) is 2.11. The number of benzene rings is 1.